The Labute approximate surface area is 88.9 Å². The van der Waals surface area contributed by atoms with E-state index in [0.717, 1.165) is 43.3 Å². The summed E-state index contributed by atoms with van der Waals surface area (Å²) < 4.78 is 0. The zero-order valence-electron chi connectivity index (χ0n) is 8.51. The van der Waals surface area contributed by atoms with Gasteiger partial charge in [-0.25, -0.2) is 0 Å². The number of rotatable bonds is 1. The Morgan fingerprint density at radius 1 is 1.36 bits per heavy atom. The first-order valence-corrected chi connectivity index (χ1v) is 6.21. The minimum absolute atomic E-state index is 0.252. The molecule has 0 atom stereocenters. The molecule has 0 bridgehead atoms. The van der Waals surface area contributed by atoms with E-state index in [1.165, 1.54) is 5.57 Å². The van der Waals surface area contributed by atoms with Gasteiger partial charge in [0.25, 0.3) is 0 Å². The van der Waals surface area contributed by atoms with Gasteiger partial charge in [-0.15, -0.1) is 0 Å². The van der Waals surface area contributed by atoms with Crippen molar-refractivity contribution in [2.45, 2.75) is 6.92 Å². The molecule has 0 aromatic rings. The summed E-state index contributed by atoms with van der Waals surface area (Å²) in [6, 6.07) is 0. The summed E-state index contributed by atoms with van der Waals surface area (Å²) in [4.78, 5) is 13.9. The van der Waals surface area contributed by atoms with Crippen molar-refractivity contribution >= 4 is 17.7 Å². The van der Waals surface area contributed by atoms with Crippen LogP contribution in [0, 0.1) is 0 Å². The highest BCUT2D eigenvalue weighted by atomic mass is 32.2. The summed E-state index contributed by atoms with van der Waals surface area (Å²) in [7, 11) is 0. The van der Waals surface area contributed by atoms with Crippen molar-refractivity contribution in [2.24, 2.45) is 0 Å². The van der Waals surface area contributed by atoms with Crippen molar-refractivity contribution in [2.75, 3.05) is 37.7 Å². The topological polar surface area (TPSA) is 32.3 Å². The van der Waals surface area contributed by atoms with Gasteiger partial charge in [-0.2, -0.15) is 11.8 Å². The van der Waals surface area contributed by atoms with E-state index in [4.69, 9.17) is 0 Å². The third-order valence-electron chi connectivity index (χ3n) is 2.83. The number of thioether (sulfide) groups is 1. The molecule has 14 heavy (non-hydrogen) atoms. The van der Waals surface area contributed by atoms with Crippen LogP contribution in [0.3, 0.4) is 0 Å². The highest BCUT2D eigenvalue weighted by molar-refractivity contribution is 7.99. The van der Waals surface area contributed by atoms with Crippen LogP contribution in [0.15, 0.2) is 11.1 Å². The van der Waals surface area contributed by atoms with Crippen molar-refractivity contribution < 1.29 is 4.79 Å². The van der Waals surface area contributed by atoms with Gasteiger partial charge in [-0.3, -0.25) is 4.79 Å². The Hall–Kier alpha value is -0.480. The second-order valence-electron chi connectivity index (χ2n) is 3.74. The molecular weight excluding hydrogens is 196 g/mol. The Kier molecular flexibility index (Phi) is 3.13. The Balaban J connectivity index is 1.99. The fraction of sp³-hybridized carbons (Fsp3) is 0.700. The van der Waals surface area contributed by atoms with Crippen LogP contribution in [-0.2, 0) is 4.79 Å². The molecule has 2 heterocycles. The molecule has 0 saturated carbocycles. The van der Waals surface area contributed by atoms with E-state index in [2.05, 4.69) is 5.32 Å². The minimum Gasteiger partial charge on any atom is -0.337 e. The summed E-state index contributed by atoms with van der Waals surface area (Å²) >= 11 is 1.93. The highest BCUT2D eigenvalue weighted by Crippen LogP contribution is 2.15. The Morgan fingerprint density at radius 2 is 2.00 bits per heavy atom. The molecule has 2 fully saturated rings. The van der Waals surface area contributed by atoms with Gasteiger partial charge in [0, 0.05) is 43.3 Å². The maximum atomic E-state index is 12.0. The van der Waals surface area contributed by atoms with Crippen LogP contribution in [-0.4, -0.2) is 48.5 Å². The van der Waals surface area contributed by atoms with Gasteiger partial charge in [0.05, 0.1) is 0 Å². The molecule has 2 aliphatic rings. The standard InChI is InChI=1S/C10H16N2OS/c1-8(9-6-11-7-9)10(13)12-2-4-14-5-3-12/h11H,2-7H2,1H3. The number of hydrogen-bond donors (Lipinski definition) is 1. The van der Waals surface area contributed by atoms with Gasteiger partial charge in [0.2, 0.25) is 5.91 Å². The van der Waals surface area contributed by atoms with Crippen LogP contribution in [0.1, 0.15) is 6.92 Å². The molecule has 0 aromatic heterocycles. The molecule has 2 saturated heterocycles. The third-order valence-corrected chi connectivity index (χ3v) is 3.77. The van der Waals surface area contributed by atoms with Crippen molar-refractivity contribution in [3.05, 3.63) is 11.1 Å². The van der Waals surface area contributed by atoms with Crippen LogP contribution in [0.4, 0.5) is 0 Å². The van der Waals surface area contributed by atoms with Crippen molar-refractivity contribution in [1.82, 2.24) is 10.2 Å². The number of hydrogen-bond acceptors (Lipinski definition) is 3. The molecule has 0 radical (unpaired) electrons. The van der Waals surface area contributed by atoms with Gasteiger partial charge in [-0.1, -0.05) is 0 Å². The zero-order valence-corrected chi connectivity index (χ0v) is 9.32. The molecule has 4 heteroatoms. The predicted molar refractivity (Wildman–Crippen MR) is 59.5 cm³/mol. The first-order chi connectivity index (χ1) is 6.79. The molecule has 2 aliphatic heterocycles. The summed E-state index contributed by atoms with van der Waals surface area (Å²) in [5.74, 6) is 2.43. The SMILES string of the molecule is CC(C(=O)N1CCSCC1)=C1CNC1. The average Bonchev–Trinajstić information content (AvgIpc) is 2.15. The smallest absolute Gasteiger partial charge is 0.249 e. The maximum Gasteiger partial charge on any atom is 0.249 e. The van der Waals surface area contributed by atoms with Crippen molar-refractivity contribution in [3.63, 3.8) is 0 Å². The van der Waals surface area contributed by atoms with Crippen LogP contribution >= 0.6 is 11.8 Å². The first-order valence-electron chi connectivity index (χ1n) is 5.05. The maximum absolute atomic E-state index is 12.0. The lowest BCUT2D eigenvalue weighted by Gasteiger charge is -2.29. The largest absolute Gasteiger partial charge is 0.337 e. The minimum atomic E-state index is 0.252. The van der Waals surface area contributed by atoms with E-state index >= 15 is 0 Å². The van der Waals surface area contributed by atoms with E-state index in [9.17, 15) is 4.79 Å². The molecule has 0 aromatic carbocycles. The quantitative estimate of drug-likeness (QED) is 0.642. The van der Waals surface area contributed by atoms with E-state index in [1.54, 1.807) is 0 Å². The van der Waals surface area contributed by atoms with Gasteiger partial charge >= 0.3 is 0 Å². The monoisotopic (exact) mass is 212 g/mol. The van der Waals surface area contributed by atoms with Crippen LogP contribution in [0.2, 0.25) is 0 Å². The molecule has 2 rings (SSSR count). The van der Waals surface area contributed by atoms with Gasteiger partial charge in [-0.05, 0) is 12.5 Å². The third kappa shape index (κ3) is 1.96. The lowest BCUT2D eigenvalue weighted by Crippen LogP contribution is -2.42. The fourth-order valence-electron chi connectivity index (χ4n) is 1.67. The lowest BCUT2D eigenvalue weighted by molar-refractivity contribution is -0.126. The molecule has 3 nitrogen and oxygen atoms in total. The Morgan fingerprint density at radius 3 is 2.50 bits per heavy atom. The normalized spacial score (nSPS) is 21.8. The fourth-order valence-corrected chi connectivity index (χ4v) is 2.57. The molecule has 1 N–H and O–H groups in total. The number of carbonyl (C=O) groups is 1. The Bertz CT molecular complexity index is 263. The van der Waals surface area contributed by atoms with Crippen LogP contribution in [0.25, 0.3) is 0 Å². The first kappa shape index (κ1) is 10.1. The number of carbonyl (C=O) groups excluding carboxylic acids is 1. The molecular formula is C10H16N2OS. The average molecular weight is 212 g/mol. The second-order valence-corrected chi connectivity index (χ2v) is 4.96. The van der Waals surface area contributed by atoms with E-state index < -0.39 is 0 Å². The molecule has 0 spiro atoms. The van der Waals surface area contributed by atoms with E-state index in [0.29, 0.717) is 0 Å². The molecule has 78 valence electrons. The predicted octanol–water partition coefficient (Wildman–Crippen LogP) is 0.481. The van der Waals surface area contributed by atoms with Gasteiger partial charge in [0.15, 0.2) is 0 Å². The zero-order chi connectivity index (χ0) is 9.97. The summed E-state index contributed by atoms with van der Waals surface area (Å²) in [6.45, 7) is 5.60. The van der Waals surface area contributed by atoms with Crippen molar-refractivity contribution in [3.8, 4) is 0 Å². The lowest BCUT2D eigenvalue weighted by atomic mass is 10.0. The molecule has 1 amide bonds. The summed E-state index contributed by atoms with van der Waals surface area (Å²) in [5, 5.41) is 3.17. The van der Waals surface area contributed by atoms with Crippen LogP contribution in [0.5, 0.6) is 0 Å². The van der Waals surface area contributed by atoms with Crippen molar-refractivity contribution in [1.29, 1.82) is 0 Å². The number of nitrogens with one attached hydrogen (secondary N) is 1. The molecule has 0 aliphatic carbocycles. The highest BCUT2D eigenvalue weighted by Gasteiger charge is 2.22. The number of amides is 1. The summed E-state index contributed by atoms with van der Waals surface area (Å²) in [6.07, 6.45) is 0. The van der Waals surface area contributed by atoms with Gasteiger partial charge < -0.3 is 10.2 Å². The second kappa shape index (κ2) is 4.36. The van der Waals surface area contributed by atoms with Gasteiger partial charge in [0.1, 0.15) is 0 Å². The number of nitrogens with zero attached hydrogens (tertiary/aromatic N) is 1. The van der Waals surface area contributed by atoms with E-state index in [1.807, 2.05) is 23.6 Å². The summed E-state index contributed by atoms with van der Waals surface area (Å²) in [5.41, 5.74) is 2.25. The van der Waals surface area contributed by atoms with E-state index in [-0.39, 0.29) is 5.91 Å². The van der Waals surface area contributed by atoms with Crippen LogP contribution < -0.4 is 5.32 Å². The molecule has 0 unspecified atom stereocenters.